The molecule has 4 N–H and O–H groups in total. The van der Waals surface area contributed by atoms with Gasteiger partial charge in [0.15, 0.2) is 17.3 Å². The number of anilines is 1. The normalized spacial score (nSPS) is 15.4. The van der Waals surface area contributed by atoms with Crippen molar-refractivity contribution in [2.75, 3.05) is 5.73 Å². The zero-order valence-corrected chi connectivity index (χ0v) is 17.4. The molecule has 0 bridgehead atoms. The van der Waals surface area contributed by atoms with Crippen molar-refractivity contribution in [1.29, 1.82) is 0 Å². The molecule has 0 spiro atoms. The lowest BCUT2D eigenvalue weighted by molar-refractivity contribution is 0.424. The van der Waals surface area contributed by atoms with Crippen molar-refractivity contribution >= 4 is 17.0 Å². The number of nitrogens with two attached hydrogens (primary N) is 2. The summed E-state index contributed by atoms with van der Waals surface area (Å²) in [6.45, 7) is 1.77. The summed E-state index contributed by atoms with van der Waals surface area (Å²) < 4.78 is 7.33. The summed E-state index contributed by atoms with van der Waals surface area (Å²) in [6.07, 6.45) is 3.56. The second kappa shape index (κ2) is 6.96. The number of nitrogens with zero attached hydrogens (tertiary/aromatic N) is 6. The Labute approximate surface area is 183 Å². The third kappa shape index (κ3) is 2.86. The fourth-order valence-electron chi connectivity index (χ4n) is 4.29. The van der Waals surface area contributed by atoms with E-state index in [9.17, 15) is 0 Å². The number of rotatable bonds is 3. The lowest BCUT2D eigenvalue weighted by Gasteiger charge is -2.12. The molecule has 1 aliphatic rings. The minimum Gasteiger partial charge on any atom is -0.383 e. The number of aromatic nitrogens is 6. The Morgan fingerprint density at radius 2 is 2.00 bits per heavy atom. The van der Waals surface area contributed by atoms with E-state index in [1.165, 1.54) is 11.1 Å². The maximum absolute atomic E-state index is 6.25. The van der Waals surface area contributed by atoms with Gasteiger partial charge in [0.1, 0.15) is 17.0 Å². The molecule has 0 saturated heterocycles. The standard InChI is InChI=1S/C23H20N8O/c1-12-27-23(32-30-12)19-9-8-18-22(29-19)31(21(28-18)16-3-2-10-26-20(16)25)14-5-6-15-13(11-14)4-7-17(15)24/h2-3,5-6,8-11,17H,4,7,24H2,1H3,(H2,25,26). The number of hydrogen-bond donors (Lipinski definition) is 2. The highest BCUT2D eigenvalue weighted by Gasteiger charge is 2.23. The van der Waals surface area contributed by atoms with E-state index in [0.717, 1.165) is 29.6 Å². The molecule has 0 fully saturated rings. The minimum atomic E-state index is 0.0810. The lowest BCUT2D eigenvalue weighted by atomic mass is 10.1. The maximum atomic E-state index is 6.25. The van der Waals surface area contributed by atoms with E-state index < -0.39 is 0 Å². The summed E-state index contributed by atoms with van der Waals surface area (Å²) in [6, 6.07) is 13.9. The SMILES string of the molecule is Cc1noc(-c2ccc3nc(-c4cccnc4N)n(-c4ccc5c(c4)CCC5N)c3n2)n1. The van der Waals surface area contributed by atoms with E-state index in [4.69, 9.17) is 26.0 Å². The van der Waals surface area contributed by atoms with Crippen LogP contribution in [0.4, 0.5) is 5.82 Å². The molecule has 4 aromatic heterocycles. The predicted molar refractivity (Wildman–Crippen MR) is 120 cm³/mol. The van der Waals surface area contributed by atoms with Crippen molar-refractivity contribution in [3.63, 3.8) is 0 Å². The van der Waals surface area contributed by atoms with Crippen LogP contribution in [0.3, 0.4) is 0 Å². The molecule has 6 rings (SSSR count). The number of fused-ring (bicyclic) bond motifs is 2. The fraction of sp³-hybridized carbons (Fsp3) is 0.174. The summed E-state index contributed by atoms with van der Waals surface area (Å²) in [5, 5.41) is 3.88. The molecule has 9 heteroatoms. The van der Waals surface area contributed by atoms with Crippen molar-refractivity contribution < 1.29 is 4.52 Å². The van der Waals surface area contributed by atoms with Gasteiger partial charge in [0, 0.05) is 17.9 Å². The Bertz CT molecular complexity index is 1480. The first-order chi connectivity index (χ1) is 15.6. The number of hydrogen-bond acceptors (Lipinski definition) is 8. The van der Waals surface area contributed by atoms with Gasteiger partial charge in [0.05, 0.1) is 5.56 Å². The largest absolute Gasteiger partial charge is 0.383 e. The van der Waals surface area contributed by atoms with Crippen LogP contribution in [-0.2, 0) is 6.42 Å². The molecule has 0 radical (unpaired) electrons. The highest BCUT2D eigenvalue weighted by atomic mass is 16.5. The van der Waals surface area contributed by atoms with Gasteiger partial charge in [0.25, 0.3) is 5.89 Å². The average molecular weight is 424 g/mol. The van der Waals surface area contributed by atoms with Crippen LogP contribution in [0, 0.1) is 6.92 Å². The minimum absolute atomic E-state index is 0.0810. The monoisotopic (exact) mass is 424 g/mol. The second-order valence-corrected chi connectivity index (χ2v) is 7.92. The van der Waals surface area contributed by atoms with Gasteiger partial charge in [-0.3, -0.25) is 4.57 Å². The summed E-state index contributed by atoms with van der Waals surface area (Å²) in [5.74, 6) is 1.98. The number of pyridine rings is 2. The van der Waals surface area contributed by atoms with Gasteiger partial charge in [-0.2, -0.15) is 4.98 Å². The van der Waals surface area contributed by atoms with Gasteiger partial charge in [-0.05, 0) is 67.3 Å². The number of aryl methyl sites for hydroxylation is 2. The van der Waals surface area contributed by atoms with Gasteiger partial charge in [0.2, 0.25) is 0 Å². The lowest BCUT2D eigenvalue weighted by Crippen LogP contribution is -2.06. The summed E-state index contributed by atoms with van der Waals surface area (Å²) >= 11 is 0. The fourth-order valence-corrected chi connectivity index (χ4v) is 4.29. The van der Waals surface area contributed by atoms with E-state index in [2.05, 4.69) is 27.3 Å². The molecule has 32 heavy (non-hydrogen) atoms. The quantitative estimate of drug-likeness (QED) is 0.450. The Morgan fingerprint density at radius 1 is 1.09 bits per heavy atom. The number of benzene rings is 1. The Balaban J connectivity index is 1.63. The van der Waals surface area contributed by atoms with Crippen LogP contribution in [0.2, 0.25) is 0 Å². The zero-order valence-electron chi connectivity index (χ0n) is 17.4. The Morgan fingerprint density at radius 3 is 2.81 bits per heavy atom. The molecular weight excluding hydrogens is 404 g/mol. The average Bonchev–Trinajstić information content (AvgIpc) is 3.50. The molecule has 1 atom stereocenters. The van der Waals surface area contributed by atoms with E-state index in [-0.39, 0.29) is 6.04 Å². The van der Waals surface area contributed by atoms with Crippen molar-refractivity contribution in [1.82, 2.24) is 29.7 Å². The first-order valence-corrected chi connectivity index (χ1v) is 10.4. The second-order valence-electron chi connectivity index (χ2n) is 7.92. The third-order valence-corrected chi connectivity index (χ3v) is 5.84. The van der Waals surface area contributed by atoms with Crippen LogP contribution >= 0.6 is 0 Å². The zero-order chi connectivity index (χ0) is 21.8. The van der Waals surface area contributed by atoms with Crippen molar-refractivity contribution in [3.8, 4) is 28.7 Å². The van der Waals surface area contributed by atoms with Crippen molar-refractivity contribution in [2.24, 2.45) is 5.73 Å². The Hall–Kier alpha value is -4.11. The van der Waals surface area contributed by atoms with Crippen LogP contribution in [0.1, 0.15) is 29.4 Å². The number of nitrogen functional groups attached to an aromatic ring is 1. The topological polar surface area (TPSA) is 135 Å². The van der Waals surface area contributed by atoms with E-state index in [1.807, 2.05) is 34.9 Å². The van der Waals surface area contributed by atoms with Gasteiger partial charge in [-0.1, -0.05) is 11.2 Å². The molecular formula is C23H20N8O. The van der Waals surface area contributed by atoms with Crippen LogP contribution in [-0.4, -0.2) is 29.7 Å². The van der Waals surface area contributed by atoms with Gasteiger partial charge in [-0.25, -0.2) is 15.0 Å². The van der Waals surface area contributed by atoms with Crippen LogP contribution in [0.25, 0.3) is 39.8 Å². The molecule has 0 aliphatic heterocycles. The Kier molecular flexibility index (Phi) is 4.05. The van der Waals surface area contributed by atoms with Crippen molar-refractivity contribution in [3.05, 3.63) is 65.6 Å². The van der Waals surface area contributed by atoms with Crippen LogP contribution in [0.15, 0.2) is 53.2 Å². The van der Waals surface area contributed by atoms with Crippen molar-refractivity contribution in [2.45, 2.75) is 25.8 Å². The predicted octanol–water partition coefficient (Wildman–Crippen LogP) is 3.37. The maximum Gasteiger partial charge on any atom is 0.276 e. The summed E-state index contributed by atoms with van der Waals surface area (Å²) in [7, 11) is 0. The highest BCUT2D eigenvalue weighted by Crippen LogP contribution is 2.35. The van der Waals surface area contributed by atoms with E-state index >= 15 is 0 Å². The molecule has 0 amide bonds. The van der Waals surface area contributed by atoms with E-state index in [0.29, 0.717) is 34.7 Å². The van der Waals surface area contributed by atoms with Crippen LogP contribution in [0.5, 0.6) is 0 Å². The first kappa shape index (κ1) is 18.6. The highest BCUT2D eigenvalue weighted by molar-refractivity contribution is 5.84. The molecule has 5 aromatic rings. The van der Waals surface area contributed by atoms with Gasteiger partial charge in [-0.15, -0.1) is 0 Å². The smallest absolute Gasteiger partial charge is 0.276 e. The molecule has 1 unspecified atom stereocenters. The van der Waals surface area contributed by atoms with Gasteiger partial charge >= 0.3 is 0 Å². The molecule has 9 nitrogen and oxygen atoms in total. The molecule has 158 valence electrons. The van der Waals surface area contributed by atoms with Crippen LogP contribution < -0.4 is 11.5 Å². The third-order valence-electron chi connectivity index (χ3n) is 5.84. The summed E-state index contributed by atoms with van der Waals surface area (Å²) in [4.78, 5) is 18.3. The molecule has 0 saturated carbocycles. The van der Waals surface area contributed by atoms with E-state index in [1.54, 1.807) is 13.1 Å². The molecule has 1 aromatic carbocycles. The molecule has 4 heterocycles. The first-order valence-electron chi connectivity index (χ1n) is 10.4. The number of imidazole rings is 1. The molecule has 1 aliphatic carbocycles. The van der Waals surface area contributed by atoms with Gasteiger partial charge < -0.3 is 16.0 Å². The summed E-state index contributed by atoms with van der Waals surface area (Å²) in [5.41, 5.74) is 18.5.